The van der Waals surface area contributed by atoms with Gasteiger partial charge in [0, 0.05) is 19.2 Å². The van der Waals surface area contributed by atoms with Crippen molar-refractivity contribution in [2.24, 2.45) is 0 Å². The Morgan fingerprint density at radius 2 is 2.05 bits per heavy atom. The summed E-state index contributed by atoms with van der Waals surface area (Å²) in [5.74, 6) is -0.264. The summed E-state index contributed by atoms with van der Waals surface area (Å²) < 4.78 is 5.31. The molecule has 22 heavy (non-hydrogen) atoms. The molecule has 0 radical (unpaired) electrons. The first-order chi connectivity index (χ1) is 10.6. The van der Waals surface area contributed by atoms with Crippen molar-refractivity contribution in [3.05, 3.63) is 35.9 Å². The Balaban J connectivity index is 1.88. The number of hydrogen-bond acceptors (Lipinski definition) is 3. The second kappa shape index (κ2) is 7.94. The van der Waals surface area contributed by atoms with Crippen LogP contribution < -0.4 is 5.32 Å². The second-order valence-corrected chi connectivity index (χ2v) is 5.82. The lowest BCUT2D eigenvalue weighted by molar-refractivity contribution is -0.137. The summed E-state index contributed by atoms with van der Waals surface area (Å²) >= 11 is 0. The SMILES string of the molecule is CC(C)N(Cc1ccccc1)C(=O)CNC(=O)C1CCCO1. The summed E-state index contributed by atoms with van der Waals surface area (Å²) in [6.07, 6.45) is 1.24. The van der Waals surface area contributed by atoms with Gasteiger partial charge in [-0.05, 0) is 32.3 Å². The lowest BCUT2D eigenvalue weighted by Gasteiger charge is -2.27. The molecular weight excluding hydrogens is 280 g/mol. The molecule has 0 saturated carbocycles. The minimum Gasteiger partial charge on any atom is -0.368 e. The fraction of sp³-hybridized carbons (Fsp3) is 0.529. The van der Waals surface area contributed by atoms with Crippen molar-refractivity contribution < 1.29 is 14.3 Å². The maximum Gasteiger partial charge on any atom is 0.249 e. The van der Waals surface area contributed by atoms with Crippen molar-refractivity contribution in [3.8, 4) is 0 Å². The molecule has 0 aliphatic carbocycles. The average Bonchev–Trinajstić information content (AvgIpc) is 3.05. The van der Waals surface area contributed by atoms with Crippen molar-refractivity contribution in [1.29, 1.82) is 0 Å². The van der Waals surface area contributed by atoms with Crippen LogP contribution in [0.4, 0.5) is 0 Å². The van der Waals surface area contributed by atoms with Gasteiger partial charge in [0.05, 0.1) is 6.54 Å². The third-order valence-corrected chi connectivity index (χ3v) is 3.78. The quantitative estimate of drug-likeness (QED) is 0.870. The highest BCUT2D eigenvalue weighted by atomic mass is 16.5. The standard InChI is InChI=1S/C17H24N2O3/c1-13(2)19(12-14-7-4-3-5-8-14)16(20)11-18-17(21)15-9-6-10-22-15/h3-5,7-8,13,15H,6,9-12H2,1-2H3,(H,18,21). The largest absolute Gasteiger partial charge is 0.368 e. The minimum atomic E-state index is -0.394. The summed E-state index contributed by atoms with van der Waals surface area (Å²) in [5, 5.41) is 2.69. The Morgan fingerprint density at radius 3 is 2.64 bits per heavy atom. The molecule has 0 bridgehead atoms. The molecular formula is C17H24N2O3. The predicted octanol–water partition coefficient (Wildman–Crippen LogP) is 1.72. The van der Waals surface area contributed by atoms with Gasteiger partial charge in [-0.25, -0.2) is 0 Å². The summed E-state index contributed by atoms with van der Waals surface area (Å²) in [4.78, 5) is 26.0. The molecule has 5 heteroatoms. The maximum atomic E-state index is 12.4. The zero-order valence-corrected chi connectivity index (χ0v) is 13.2. The van der Waals surface area contributed by atoms with E-state index in [0.29, 0.717) is 13.2 Å². The maximum absolute atomic E-state index is 12.4. The third-order valence-electron chi connectivity index (χ3n) is 3.78. The van der Waals surface area contributed by atoms with E-state index in [1.54, 1.807) is 4.90 Å². The van der Waals surface area contributed by atoms with Gasteiger partial charge in [-0.3, -0.25) is 9.59 Å². The van der Waals surface area contributed by atoms with Crippen LogP contribution in [0.3, 0.4) is 0 Å². The molecule has 1 aromatic rings. The van der Waals surface area contributed by atoms with E-state index in [2.05, 4.69) is 5.32 Å². The summed E-state index contributed by atoms with van der Waals surface area (Å²) in [7, 11) is 0. The molecule has 0 spiro atoms. The van der Waals surface area contributed by atoms with E-state index < -0.39 is 6.10 Å². The topological polar surface area (TPSA) is 58.6 Å². The molecule has 2 rings (SSSR count). The Hall–Kier alpha value is -1.88. The molecule has 1 fully saturated rings. The lowest BCUT2D eigenvalue weighted by atomic mass is 10.2. The second-order valence-electron chi connectivity index (χ2n) is 5.82. The number of rotatable bonds is 6. The van der Waals surface area contributed by atoms with Gasteiger partial charge in [-0.15, -0.1) is 0 Å². The van der Waals surface area contributed by atoms with Gasteiger partial charge in [-0.1, -0.05) is 30.3 Å². The van der Waals surface area contributed by atoms with Crippen LogP contribution in [0.2, 0.25) is 0 Å². The molecule has 1 atom stereocenters. The monoisotopic (exact) mass is 304 g/mol. The highest BCUT2D eigenvalue weighted by Crippen LogP contribution is 2.12. The van der Waals surface area contributed by atoms with E-state index in [-0.39, 0.29) is 24.4 Å². The average molecular weight is 304 g/mol. The van der Waals surface area contributed by atoms with E-state index in [0.717, 1.165) is 18.4 Å². The Bertz CT molecular complexity index is 496. The minimum absolute atomic E-state index is 0.0176. The molecule has 1 N–H and O–H groups in total. The highest BCUT2D eigenvalue weighted by Gasteiger charge is 2.25. The number of amides is 2. The smallest absolute Gasteiger partial charge is 0.249 e. The molecule has 2 amide bonds. The number of ether oxygens (including phenoxy) is 1. The number of carbonyl (C=O) groups excluding carboxylic acids is 2. The van der Waals surface area contributed by atoms with E-state index in [1.165, 1.54) is 0 Å². The van der Waals surface area contributed by atoms with E-state index in [1.807, 2.05) is 44.2 Å². The normalized spacial score (nSPS) is 17.5. The van der Waals surface area contributed by atoms with Gasteiger partial charge in [0.1, 0.15) is 6.10 Å². The zero-order valence-electron chi connectivity index (χ0n) is 13.2. The van der Waals surface area contributed by atoms with Gasteiger partial charge in [0.25, 0.3) is 0 Å². The van der Waals surface area contributed by atoms with Crippen LogP contribution >= 0.6 is 0 Å². The van der Waals surface area contributed by atoms with Crippen molar-refractivity contribution in [2.75, 3.05) is 13.2 Å². The Kier molecular flexibility index (Phi) is 5.95. The number of carbonyl (C=O) groups is 2. The molecule has 1 heterocycles. The first kappa shape index (κ1) is 16.5. The Morgan fingerprint density at radius 1 is 1.32 bits per heavy atom. The van der Waals surface area contributed by atoms with Crippen molar-refractivity contribution in [1.82, 2.24) is 10.2 Å². The molecule has 1 unspecified atom stereocenters. The van der Waals surface area contributed by atoms with Gasteiger partial charge in [0.2, 0.25) is 11.8 Å². The summed E-state index contributed by atoms with van der Waals surface area (Å²) in [5.41, 5.74) is 1.08. The van der Waals surface area contributed by atoms with Crippen LogP contribution in [-0.2, 0) is 20.9 Å². The van der Waals surface area contributed by atoms with E-state index in [4.69, 9.17) is 4.74 Å². The number of benzene rings is 1. The number of nitrogens with one attached hydrogen (secondary N) is 1. The lowest BCUT2D eigenvalue weighted by Crippen LogP contribution is -2.45. The van der Waals surface area contributed by atoms with Crippen molar-refractivity contribution in [3.63, 3.8) is 0 Å². The van der Waals surface area contributed by atoms with Crippen LogP contribution in [0.25, 0.3) is 0 Å². The van der Waals surface area contributed by atoms with Crippen LogP contribution in [-0.4, -0.2) is 42.0 Å². The molecule has 1 aliphatic rings. The highest BCUT2D eigenvalue weighted by molar-refractivity contribution is 5.87. The molecule has 1 saturated heterocycles. The summed E-state index contributed by atoms with van der Waals surface area (Å²) in [6.45, 7) is 5.14. The van der Waals surface area contributed by atoms with Crippen LogP contribution in [0.15, 0.2) is 30.3 Å². The fourth-order valence-corrected chi connectivity index (χ4v) is 2.50. The van der Waals surface area contributed by atoms with Gasteiger partial charge in [0.15, 0.2) is 0 Å². The molecule has 5 nitrogen and oxygen atoms in total. The van der Waals surface area contributed by atoms with Crippen LogP contribution in [0, 0.1) is 0 Å². The van der Waals surface area contributed by atoms with E-state index in [9.17, 15) is 9.59 Å². The number of nitrogens with zero attached hydrogens (tertiary/aromatic N) is 1. The first-order valence-corrected chi connectivity index (χ1v) is 7.80. The molecule has 120 valence electrons. The fourth-order valence-electron chi connectivity index (χ4n) is 2.50. The number of hydrogen-bond donors (Lipinski definition) is 1. The summed E-state index contributed by atoms with van der Waals surface area (Å²) in [6, 6.07) is 9.93. The molecule has 1 aromatic carbocycles. The van der Waals surface area contributed by atoms with E-state index >= 15 is 0 Å². The van der Waals surface area contributed by atoms with Gasteiger partial charge >= 0.3 is 0 Å². The molecule has 0 aromatic heterocycles. The van der Waals surface area contributed by atoms with Crippen LogP contribution in [0.5, 0.6) is 0 Å². The van der Waals surface area contributed by atoms with Gasteiger partial charge < -0.3 is 15.0 Å². The van der Waals surface area contributed by atoms with Crippen molar-refractivity contribution >= 4 is 11.8 Å². The zero-order chi connectivity index (χ0) is 15.9. The molecule has 1 aliphatic heterocycles. The van der Waals surface area contributed by atoms with Crippen LogP contribution in [0.1, 0.15) is 32.3 Å². The third kappa shape index (κ3) is 4.56. The predicted molar refractivity (Wildman–Crippen MR) is 84.1 cm³/mol. The Labute approximate surface area is 131 Å². The van der Waals surface area contributed by atoms with Gasteiger partial charge in [-0.2, -0.15) is 0 Å². The first-order valence-electron chi connectivity index (χ1n) is 7.80. The van der Waals surface area contributed by atoms with Crippen molar-refractivity contribution in [2.45, 2.75) is 45.4 Å².